The van der Waals surface area contributed by atoms with Crippen LogP contribution in [0.1, 0.15) is 53.9 Å². The van der Waals surface area contributed by atoms with Crippen LogP contribution in [0, 0.1) is 17.3 Å². The average molecular weight is 220 g/mol. The molecule has 0 aliphatic heterocycles. The summed E-state index contributed by atoms with van der Waals surface area (Å²) in [5.41, 5.74) is 6.79. The Balaban J connectivity index is 0.00000169. The Labute approximate surface area is 95.2 Å². The topological polar surface area (TPSA) is 26.0 Å². The number of hydrogen-bond donors (Lipinski definition) is 1. The van der Waals surface area contributed by atoms with Crippen LogP contribution in [-0.2, 0) is 0 Å². The Hall–Kier alpha value is 0.250. The molecule has 0 heterocycles. The Morgan fingerprint density at radius 1 is 1.14 bits per heavy atom. The number of halogens is 1. The molecule has 2 heteroatoms. The van der Waals surface area contributed by atoms with Crippen LogP contribution in [0.3, 0.4) is 0 Å². The van der Waals surface area contributed by atoms with E-state index in [2.05, 4.69) is 34.6 Å². The maximum absolute atomic E-state index is 6.28. The highest BCUT2D eigenvalue weighted by Gasteiger charge is 2.39. The van der Waals surface area contributed by atoms with Gasteiger partial charge in [-0.15, -0.1) is 12.4 Å². The summed E-state index contributed by atoms with van der Waals surface area (Å²) in [5.74, 6) is 1.60. The van der Waals surface area contributed by atoms with Crippen LogP contribution in [0.25, 0.3) is 0 Å². The largest absolute Gasteiger partial charge is 0.325 e. The van der Waals surface area contributed by atoms with E-state index in [4.69, 9.17) is 5.73 Å². The zero-order chi connectivity index (χ0) is 10.3. The Morgan fingerprint density at radius 2 is 1.64 bits per heavy atom. The highest BCUT2D eigenvalue weighted by molar-refractivity contribution is 5.85. The van der Waals surface area contributed by atoms with E-state index in [1.54, 1.807) is 0 Å². The first kappa shape index (κ1) is 14.2. The molecule has 1 aliphatic rings. The van der Waals surface area contributed by atoms with Gasteiger partial charge in [-0.2, -0.15) is 0 Å². The molecule has 0 amide bonds. The first-order chi connectivity index (χ1) is 5.72. The van der Waals surface area contributed by atoms with Gasteiger partial charge in [0, 0.05) is 5.54 Å². The van der Waals surface area contributed by atoms with Crippen molar-refractivity contribution in [3.63, 3.8) is 0 Å². The minimum absolute atomic E-state index is 0. The molecule has 0 spiro atoms. The van der Waals surface area contributed by atoms with Crippen LogP contribution in [0.4, 0.5) is 0 Å². The van der Waals surface area contributed by atoms with E-state index < -0.39 is 0 Å². The van der Waals surface area contributed by atoms with Gasteiger partial charge in [-0.05, 0) is 43.4 Å². The van der Waals surface area contributed by atoms with Crippen LogP contribution in [0.5, 0.6) is 0 Å². The fraction of sp³-hybridized carbons (Fsp3) is 1.00. The van der Waals surface area contributed by atoms with Gasteiger partial charge in [0.25, 0.3) is 0 Å². The molecule has 0 aromatic rings. The molecule has 1 aliphatic carbocycles. The zero-order valence-corrected chi connectivity index (χ0v) is 11.1. The van der Waals surface area contributed by atoms with Crippen LogP contribution < -0.4 is 5.73 Å². The van der Waals surface area contributed by atoms with E-state index in [1.165, 1.54) is 19.3 Å². The van der Waals surface area contributed by atoms with E-state index in [0.717, 1.165) is 11.8 Å². The van der Waals surface area contributed by atoms with E-state index in [0.29, 0.717) is 5.41 Å². The molecule has 14 heavy (non-hydrogen) atoms. The Kier molecular flexibility index (Phi) is 4.48. The van der Waals surface area contributed by atoms with E-state index in [1.807, 2.05) is 0 Å². The molecule has 1 fully saturated rings. The van der Waals surface area contributed by atoms with Gasteiger partial charge in [0.15, 0.2) is 0 Å². The van der Waals surface area contributed by atoms with Crippen molar-refractivity contribution in [2.45, 2.75) is 59.4 Å². The van der Waals surface area contributed by atoms with Crippen molar-refractivity contribution in [3.8, 4) is 0 Å². The van der Waals surface area contributed by atoms with Gasteiger partial charge in [0.1, 0.15) is 0 Å². The highest BCUT2D eigenvalue weighted by atomic mass is 35.5. The fourth-order valence-corrected chi connectivity index (χ4v) is 3.09. The predicted octanol–water partition coefficient (Wildman–Crippen LogP) is 3.61. The van der Waals surface area contributed by atoms with Crippen molar-refractivity contribution in [3.05, 3.63) is 0 Å². The maximum Gasteiger partial charge on any atom is 0.0133 e. The van der Waals surface area contributed by atoms with E-state index in [-0.39, 0.29) is 17.9 Å². The van der Waals surface area contributed by atoms with Crippen molar-refractivity contribution in [1.29, 1.82) is 0 Å². The minimum Gasteiger partial charge on any atom is -0.325 e. The van der Waals surface area contributed by atoms with Crippen LogP contribution >= 0.6 is 12.4 Å². The van der Waals surface area contributed by atoms with Gasteiger partial charge in [-0.1, -0.05) is 27.7 Å². The molecule has 0 aromatic heterocycles. The fourth-order valence-electron chi connectivity index (χ4n) is 3.09. The minimum atomic E-state index is 0. The number of rotatable bonds is 1. The molecule has 2 atom stereocenters. The lowest BCUT2D eigenvalue weighted by atomic mass is 9.62. The van der Waals surface area contributed by atoms with Crippen LogP contribution in [-0.4, -0.2) is 5.54 Å². The molecule has 0 saturated heterocycles. The molecule has 1 rings (SSSR count). The normalized spacial score (nSPS) is 36.6. The molecule has 0 radical (unpaired) electrons. The quantitative estimate of drug-likeness (QED) is 0.717. The summed E-state index contributed by atoms with van der Waals surface area (Å²) in [4.78, 5) is 0. The lowest BCUT2D eigenvalue weighted by molar-refractivity contribution is 0.0858. The summed E-state index contributed by atoms with van der Waals surface area (Å²) < 4.78 is 0. The molecule has 0 unspecified atom stereocenters. The lowest BCUT2D eigenvalue weighted by Gasteiger charge is -2.46. The summed E-state index contributed by atoms with van der Waals surface area (Å²) in [6.45, 7) is 11.6. The lowest BCUT2D eigenvalue weighted by Crippen LogP contribution is -2.48. The number of nitrogens with two attached hydrogens (primary N) is 1. The van der Waals surface area contributed by atoms with Gasteiger partial charge < -0.3 is 5.73 Å². The maximum atomic E-state index is 6.28. The molecule has 0 bridgehead atoms. The summed E-state index contributed by atoms with van der Waals surface area (Å²) in [6, 6.07) is 0. The summed E-state index contributed by atoms with van der Waals surface area (Å²) in [5, 5.41) is 0. The van der Waals surface area contributed by atoms with Gasteiger partial charge in [0.05, 0.1) is 0 Å². The van der Waals surface area contributed by atoms with Gasteiger partial charge in [0.2, 0.25) is 0 Å². The molecule has 1 saturated carbocycles. The number of hydrogen-bond acceptors (Lipinski definition) is 1. The molecule has 2 N–H and O–H groups in total. The summed E-state index contributed by atoms with van der Waals surface area (Å²) in [6.07, 6.45) is 3.72. The second-order valence-electron chi connectivity index (χ2n) is 6.41. The zero-order valence-electron chi connectivity index (χ0n) is 10.3. The van der Waals surface area contributed by atoms with Crippen LogP contribution in [0.2, 0.25) is 0 Å². The third kappa shape index (κ3) is 3.78. The van der Waals surface area contributed by atoms with E-state index >= 15 is 0 Å². The summed E-state index contributed by atoms with van der Waals surface area (Å²) >= 11 is 0. The second kappa shape index (κ2) is 4.40. The molecule has 86 valence electrons. The van der Waals surface area contributed by atoms with Gasteiger partial charge in [-0.3, -0.25) is 0 Å². The Bertz CT molecular complexity index is 169. The van der Waals surface area contributed by atoms with Crippen molar-refractivity contribution < 1.29 is 0 Å². The predicted molar refractivity (Wildman–Crippen MR) is 65.8 cm³/mol. The van der Waals surface area contributed by atoms with Crippen LogP contribution in [0.15, 0.2) is 0 Å². The standard InChI is InChI=1S/C12H25N.ClH/c1-9(2)10-6-11(3,4)8-12(5,13)7-10;/h9-10H,6-8,13H2,1-5H3;1H/t10-,12-;/m1./s1. The third-order valence-corrected chi connectivity index (χ3v) is 3.37. The smallest absolute Gasteiger partial charge is 0.0133 e. The van der Waals surface area contributed by atoms with Crippen molar-refractivity contribution in [1.82, 2.24) is 0 Å². The molecule has 0 aromatic carbocycles. The Morgan fingerprint density at radius 3 is 2.00 bits per heavy atom. The van der Waals surface area contributed by atoms with Crippen molar-refractivity contribution in [2.75, 3.05) is 0 Å². The molecular weight excluding hydrogens is 194 g/mol. The first-order valence-corrected chi connectivity index (χ1v) is 5.51. The monoisotopic (exact) mass is 219 g/mol. The summed E-state index contributed by atoms with van der Waals surface area (Å²) in [7, 11) is 0. The van der Waals surface area contributed by atoms with Crippen molar-refractivity contribution in [2.24, 2.45) is 23.0 Å². The SMILES string of the molecule is CC(C)[C@@H]1CC(C)(C)C[C@](C)(N)C1.Cl. The average Bonchev–Trinajstić information content (AvgIpc) is 1.79. The molecule has 1 nitrogen and oxygen atoms in total. The third-order valence-electron chi connectivity index (χ3n) is 3.37. The second-order valence-corrected chi connectivity index (χ2v) is 6.41. The van der Waals surface area contributed by atoms with E-state index in [9.17, 15) is 0 Å². The first-order valence-electron chi connectivity index (χ1n) is 5.51. The van der Waals surface area contributed by atoms with Gasteiger partial charge >= 0.3 is 0 Å². The highest BCUT2D eigenvalue weighted by Crippen LogP contribution is 2.45. The van der Waals surface area contributed by atoms with Gasteiger partial charge in [-0.25, -0.2) is 0 Å². The van der Waals surface area contributed by atoms with Crippen molar-refractivity contribution >= 4 is 12.4 Å². The molecular formula is C12H26ClN.